The zero-order valence-electron chi connectivity index (χ0n) is 13.5. The van der Waals surface area contributed by atoms with Gasteiger partial charge in [0, 0.05) is 0 Å². The molecule has 1 saturated carbocycles. The molecule has 2 atom stereocenters. The van der Waals surface area contributed by atoms with Crippen LogP contribution in [0.3, 0.4) is 0 Å². The van der Waals surface area contributed by atoms with Crippen molar-refractivity contribution in [3.05, 3.63) is 11.5 Å². The van der Waals surface area contributed by atoms with Crippen molar-refractivity contribution in [2.75, 3.05) is 0 Å². The Morgan fingerprint density at radius 1 is 1.00 bits per heavy atom. The van der Waals surface area contributed by atoms with Crippen LogP contribution < -0.4 is 0 Å². The molecule has 2 nitrogen and oxygen atoms in total. The van der Waals surface area contributed by atoms with Gasteiger partial charge >= 0.3 is 7.12 Å². The predicted octanol–water partition coefficient (Wildman–Crippen LogP) is 4.00. The molecule has 0 radical (unpaired) electrons. The lowest BCUT2D eigenvalue weighted by molar-refractivity contribution is 0.00578. The summed E-state index contributed by atoms with van der Waals surface area (Å²) >= 11 is 0. The average molecular weight is 262 g/mol. The first-order chi connectivity index (χ1) is 8.51. The molecule has 0 amide bonds. The lowest BCUT2D eigenvalue weighted by atomic mass is 9.57. The maximum absolute atomic E-state index is 6.27. The molecule has 2 bridgehead atoms. The lowest BCUT2D eigenvalue weighted by Gasteiger charge is -2.38. The van der Waals surface area contributed by atoms with E-state index in [0.29, 0.717) is 11.3 Å². The number of hydrogen-bond acceptors (Lipinski definition) is 2. The molecule has 1 saturated heterocycles. The van der Waals surface area contributed by atoms with Crippen molar-refractivity contribution in [1.82, 2.24) is 0 Å². The molecule has 19 heavy (non-hydrogen) atoms. The fraction of sp³-hybridized carbons (Fsp3) is 0.875. The van der Waals surface area contributed by atoms with Crippen LogP contribution in [0.1, 0.15) is 61.3 Å². The fourth-order valence-corrected chi connectivity index (χ4v) is 4.05. The standard InChI is InChI=1S/C16H27BO2/c1-13(2)11-8-9-16(13,7)12(10-11)17-18-14(3,4)15(5,6)19-17/h10-11H,8-9H2,1-7H3/t11-,16+/m0/s1. The molecule has 3 rings (SSSR count). The summed E-state index contributed by atoms with van der Waals surface area (Å²) in [5.41, 5.74) is 1.50. The molecule has 106 valence electrons. The summed E-state index contributed by atoms with van der Waals surface area (Å²) in [6, 6.07) is 0. The topological polar surface area (TPSA) is 18.5 Å². The third kappa shape index (κ3) is 1.52. The van der Waals surface area contributed by atoms with Crippen molar-refractivity contribution < 1.29 is 9.31 Å². The zero-order chi connectivity index (χ0) is 14.3. The summed E-state index contributed by atoms with van der Waals surface area (Å²) in [6.45, 7) is 15.7. The molecule has 0 aromatic carbocycles. The number of hydrogen-bond donors (Lipinski definition) is 0. The third-order valence-electron chi connectivity index (χ3n) is 6.83. The van der Waals surface area contributed by atoms with E-state index in [1.807, 2.05) is 0 Å². The number of fused-ring (bicyclic) bond motifs is 2. The Morgan fingerprint density at radius 2 is 1.53 bits per heavy atom. The molecular formula is C16H27BO2. The van der Waals surface area contributed by atoms with E-state index in [9.17, 15) is 0 Å². The average Bonchev–Trinajstić information content (AvgIpc) is 2.68. The van der Waals surface area contributed by atoms with Gasteiger partial charge < -0.3 is 9.31 Å². The highest BCUT2D eigenvalue weighted by molar-refractivity contribution is 6.55. The van der Waals surface area contributed by atoms with Crippen LogP contribution in [0.2, 0.25) is 0 Å². The largest absolute Gasteiger partial charge is 0.490 e. The van der Waals surface area contributed by atoms with Gasteiger partial charge in [0.1, 0.15) is 0 Å². The first kappa shape index (κ1) is 13.7. The van der Waals surface area contributed by atoms with E-state index < -0.39 is 0 Å². The zero-order valence-corrected chi connectivity index (χ0v) is 13.5. The van der Waals surface area contributed by atoms with E-state index >= 15 is 0 Å². The van der Waals surface area contributed by atoms with E-state index in [-0.39, 0.29) is 23.7 Å². The van der Waals surface area contributed by atoms with Gasteiger partial charge in [-0.05, 0) is 62.8 Å². The maximum atomic E-state index is 6.27. The van der Waals surface area contributed by atoms with Crippen LogP contribution in [0.5, 0.6) is 0 Å². The smallest absolute Gasteiger partial charge is 0.400 e. The van der Waals surface area contributed by atoms with Gasteiger partial charge in [0.15, 0.2) is 0 Å². The molecule has 0 aromatic rings. The van der Waals surface area contributed by atoms with Gasteiger partial charge in [0.2, 0.25) is 0 Å². The first-order valence-electron chi connectivity index (χ1n) is 7.59. The van der Waals surface area contributed by atoms with Crippen LogP contribution in [0.25, 0.3) is 0 Å². The highest BCUT2D eigenvalue weighted by Crippen LogP contribution is 2.66. The van der Waals surface area contributed by atoms with E-state index in [4.69, 9.17) is 9.31 Å². The molecule has 0 aromatic heterocycles. The summed E-state index contributed by atoms with van der Waals surface area (Å²) in [6.07, 6.45) is 5.03. The Hall–Kier alpha value is -0.275. The van der Waals surface area contributed by atoms with Crippen molar-refractivity contribution >= 4 is 7.12 Å². The first-order valence-corrected chi connectivity index (χ1v) is 7.59. The van der Waals surface area contributed by atoms with E-state index in [1.54, 1.807) is 0 Å². The third-order valence-corrected chi connectivity index (χ3v) is 6.83. The minimum atomic E-state index is -0.235. The molecule has 1 aliphatic heterocycles. The van der Waals surface area contributed by atoms with Crippen LogP contribution in [0.4, 0.5) is 0 Å². The highest BCUT2D eigenvalue weighted by atomic mass is 16.7. The Kier molecular flexibility index (Phi) is 2.51. The van der Waals surface area contributed by atoms with Crippen LogP contribution in [0, 0.1) is 16.7 Å². The molecule has 1 heterocycles. The second kappa shape index (κ2) is 3.48. The fourth-order valence-electron chi connectivity index (χ4n) is 4.05. The molecule has 0 N–H and O–H groups in total. The van der Waals surface area contributed by atoms with Crippen molar-refractivity contribution in [3.8, 4) is 0 Å². The molecule has 0 unspecified atom stereocenters. The summed E-state index contributed by atoms with van der Waals surface area (Å²) in [5.74, 6) is 0.687. The molecule has 2 fully saturated rings. The molecule has 3 heteroatoms. The van der Waals surface area contributed by atoms with Crippen LogP contribution in [0.15, 0.2) is 11.5 Å². The molecule has 3 aliphatic rings. The van der Waals surface area contributed by atoms with Crippen LogP contribution in [-0.2, 0) is 9.31 Å². The Labute approximate surface area is 118 Å². The molecule has 0 spiro atoms. The van der Waals surface area contributed by atoms with Crippen molar-refractivity contribution in [2.24, 2.45) is 16.7 Å². The summed E-state index contributed by atoms with van der Waals surface area (Å²) in [7, 11) is -0.153. The van der Waals surface area contributed by atoms with Crippen molar-refractivity contribution in [3.63, 3.8) is 0 Å². The Morgan fingerprint density at radius 3 is 1.89 bits per heavy atom. The normalized spacial score (nSPS) is 41.7. The minimum absolute atomic E-state index is 0.153. The molecule has 2 aliphatic carbocycles. The van der Waals surface area contributed by atoms with E-state index in [1.165, 1.54) is 18.3 Å². The van der Waals surface area contributed by atoms with Crippen molar-refractivity contribution in [2.45, 2.75) is 72.5 Å². The van der Waals surface area contributed by atoms with Crippen molar-refractivity contribution in [1.29, 1.82) is 0 Å². The van der Waals surface area contributed by atoms with Gasteiger partial charge in [-0.2, -0.15) is 0 Å². The van der Waals surface area contributed by atoms with E-state index in [0.717, 1.165) is 0 Å². The molecular weight excluding hydrogens is 235 g/mol. The van der Waals surface area contributed by atoms with Gasteiger partial charge in [0.05, 0.1) is 11.2 Å². The number of rotatable bonds is 1. The second-order valence-corrected chi connectivity index (χ2v) is 8.41. The Bertz CT molecular complexity index is 434. The van der Waals surface area contributed by atoms with Crippen LogP contribution >= 0.6 is 0 Å². The maximum Gasteiger partial charge on any atom is 0.490 e. The quantitative estimate of drug-likeness (QED) is 0.665. The summed E-state index contributed by atoms with van der Waals surface area (Å²) in [4.78, 5) is 0. The minimum Gasteiger partial charge on any atom is -0.400 e. The Balaban J connectivity index is 1.93. The second-order valence-electron chi connectivity index (χ2n) is 8.41. The highest BCUT2D eigenvalue weighted by Gasteiger charge is 2.63. The predicted molar refractivity (Wildman–Crippen MR) is 78.8 cm³/mol. The summed E-state index contributed by atoms with van der Waals surface area (Å²) in [5, 5.41) is 0. The van der Waals surface area contributed by atoms with E-state index in [2.05, 4.69) is 54.5 Å². The van der Waals surface area contributed by atoms with Gasteiger partial charge in [-0.1, -0.05) is 26.8 Å². The number of allylic oxidation sites excluding steroid dienone is 2. The van der Waals surface area contributed by atoms with Crippen LogP contribution in [-0.4, -0.2) is 18.3 Å². The van der Waals surface area contributed by atoms with Gasteiger partial charge in [-0.3, -0.25) is 0 Å². The van der Waals surface area contributed by atoms with Gasteiger partial charge in [0.25, 0.3) is 0 Å². The van der Waals surface area contributed by atoms with Gasteiger partial charge in [-0.15, -0.1) is 0 Å². The monoisotopic (exact) mass is 262 g/mol. The van der Waals surface area contributed by atoms with Gasteiger partial charge in [-0.25, -0.2) is 0 Å². The lowest BCUT2D eigenvalue weighted by Crippen LogP contribution is -2.41. The summed E-state index contributed by atoms with van der Waals surface area (Å²) < 4.78 is 12.5. The SMILES string of the molecule is CC1(C)OB(C2=C[C@@H]3CC[C@@]2(C)C3(C)C)OC1(C)C.